The Morgan fingerprint density at radius 3 is 2.81 bits per heavy atom. The molecule has 0 aliphatic carbocycles. The number of halogens is 1. The molecule has 1 saturated heterocycles. The van der Waals surface area contributed by atoms with Crippen LogP contribution in [0.5, 0.6) is 0 Å². The highest BCUT2D eigenvalue weighted by atomic mass is 35.5. The minimum absolute atomic E-state index is 0.119. The van der Waals surface area contributed by atoms with E-state index in [0.717, 1.165) is 12.0 Å². The second-order valence-electron chi connectivity index (χ2n) is 6.33. The summed E-state index contributed by atoms with van der Waals surface area (Å²) in [5.41, 5.74) is 0.754. The number of piperidine rings is 1. The maximum absolute atomic E-state index is 13.0. The predicted octanol–water partition coefficient (Wildman–Crippen LogP) is 3.35. The first-order valence-corrected chi connectivity index (χ1v) is 10.4. The van der Waals surface area contributed by atoms with Crippen LogP contribution in [0, 0.1) is 0 Å². The van der Waals surface area contributed by atoms with E-state index in [-0.39, 0.29) is 22.4 Å². The molecule has 27 heavy (non-hydrogen) atoms. The van der Waals surface area contributed by atoms with Gasteiger partial charge in [-0.25, -0.2) is 8.42 Å². The molecule has 1 aliphatic rings. The van der Waals surface area contributed by atoms with E-state index in [4.69, 9.17) is 16.1 Å². The summed E-state index contributed by atoms with van der Waals surface area (Å²) in [4.78, 5) is 8.61. The van der Waals surface area contributed by atoms with Crippen LogP contribution in [0.15, 0.2) is 58.2 Å². The molecule has 1 atom stereocenters. The first kappa shape index (κ1) is 18.1. The lowest BCUT2D eigenvalue weighted by Crippen LogP contribution is -2.39. The molecule has 0 spiro atoms. The van der Waals surface area contributed by atoms with Crippen molar-refractivity contribution >= 4 is 21.6 Å². The lowest BCUT2D eigenvalue weighted by atomic mass is 10.00. The molecule has 0 radical (unpaired) electrons. The number of hydrogen-bond donors (Lipinski definition) is 0. The van der Waals surface area contributed by atoms with Crippen molar-refractivity contribution in [2.45, 2.75) is 23.7 Å². The van der Waals surface area contributed by atoms with Crippen molar-refractivity contribution in [1.29, 1.82) is 0 Å². The number of benzene rings is 1. The summed E-state index contributed by atoms with van der Waals surface area (Å²) in [5, 5.41) is 4.22. The molecule has 0 saturated carbocycles. The van der Waals surface area contributed by atoms with Crippen molar-refractivity contribution in [3.05, 3.63) is 59.7 Å². The smallest absolute Gasteiger partial charge is 0.244 e. The zero-order valence-electron chi connectivity index (χ0n) is 14.3. The normalized spacial score (nSPS) is 18.5. The van der Waals surface area contributed by atoms with Gasteiger partial charge in [0.25, 0.3) is 0 Å². The maximum atomic E-state index is 13.0. The summed E-state index contributed by atoms with van der Waals surface area (Å²) < 4.78 is 32.8. The second-order valence-corrected chi connectivity index (χ2v) is 8.64. The van der Waals surface area contributed by atoms with Crippen molar-refractivity contribution in [3.8, 4) is 11.4 Å². The molecule has 7 nitrogen and oxygen atoms in total. The van der Waals surface area contributed by atoms with E-state index < -0.39 is 10.0 Å². The van der Waals surface area contributed by atoms with Gasteiger partial charge in [0.1, 0.15) is 4.90 Å². The third kappa shape index (κ3) is 3.60. The van der Waals surface area contributed by atoms with Gasteiger partial charge in [0.05, 0.1) is 10.9 Å². The van der Waals surface area contributed by atoms with Gasteiger partial charge < -0.3 is 4.52 Å². The first-order chi connectivity index (χ1) is 13.1. The quantitative estimate of drug-likeness (QED) is 0.662. The predicted molar refractivity (Wildman–Crippen MR) is 99.7 cm³/mol. The number of pyridine rings is 1. The van der Waals surface area contributed by atoms with E-state index in [9.17, 15) is 8.42 Å². The molecule has 1 aromatic carbocycles. The number of nitrogens with zero attached hydrogens (tertiary/aromatic N) is 4. The van der Waals surface area contributed by atoms with Crippen molar-refractivity contribution in [2.24, 2.45) is 0 Å². The van der Waals surface area contributed by atoms with Crippen molar-refractivity contribution in [1.82, 2.24) is 19.4 Å². The molecule has 0 bridgehead atoms. The van der Waals surface area contributed by atoms with Crippen LogP contribution in [-0.4, -0.2) is 40.9 Å². The van der Waals surface area contributed by atoms with Crippen LogP contribution in [0.1, 0.15) is 24.7 Å². The van der Waals surface area contributed by atoms with Crippen LogP contribution >= 0.6 is 11.6 Å². The molecule has 3 aromatic rings. The zero-order valence-corrected chi connectivity index (χ0v) is 15.9. The Morgan fingerprint density at radius 2 is 2.04 bits per heavy atom. The Morgan fingerprint density at radius 1 is 1.19 bits per heavy atom. The number of hydrogen-bond acceptors (Lipinski definition) is 6. The standard InChI is InChI=1S/C18H17ClN4O3S/c19-15-7-1-2-8-16(15)27(24,25)23-10-4-6-14(12-23)18-21-17(22-26-18)13-5-3-9-20-11-13/h1-3,5,7-9,11,14H,4,6,10,12H2/t14-/m0/s1. The Hall–Kier alpha value is -2.29. The van der Waals surface area contributed by atoms with Crippen LogP contribution in [-0.2, 0) is 10.0 Å². The van der Waals surface area contributed by atoms with Crippen LogP contribution in [0.2, 0.25) is 5.02 Å². The van der Waals surface area contributed by atoms with Gasteiger partial charge in [-0.1, -0.05) is 28.9 Å². The molecular formula is C18H17ClN4O3S. The van der Waals surface area contributed by atoms with Gasteiger partial charge in [-0.15, -0.1) is 0 Å². The van der Waals surface area contributed by atoms with E-state index in [1.54, 1.807) is 36.7 Å². The van der Waals surface area contributed by atoms with E-state index in [0.29, 0.717) is 24.7 Å². The second kappa shape index (κ2) is 7.38. The molecule has 4 rings (SSSR count). The monoisotopic (exact) mass is 404 g/mol. The summed E-state index contributed by atoms with van der Waals surface area (Å²) in [7, 11) is -3.68. The molecule has 1 fully saturated rings. The van der Waals surface area contributed by atoms with Crippen molar-refractivity contribution in [3.63, 3.8) is 0 Å². The highest BCUT2D eigenvalue weighted by Crippen LogP contribution is 2.32. The van der Waals surface area contributed by atoms with Gasteiger partial charge in [0.2, 0.25) is 21.7 Å². The van der Waals surface area contributed by atoms with Crippen LogP contribution in [0.25, 0.3) is 11.4 Å². The van der Waals surface area contributed by atoms with Crippen LogP contribution in [0.4, 0.5) is 0 Å². The molecule has 9 heteroatoms. The molecule has 0 unspecified atom stereocenters. The van der Waals surface area contributed by atoms with Crippen LogP contribution < -0.4 is 0 Å². The van der Waals surface area contributed by atoms with Gasteiger partial charge in [0, 0.05) is 31.0 Å². The molecular weight excluding hydrogens is 388 g/mol. The first-order valence-electron chi connectivity index (χ1n) is 8.54. The molecule has 0 N–H and O–H groups in total. The highest BCUT2D eigenvalue weighted by Gasteiger charge is 2.34. The van der Waals surface area contributed by atoms with Gasteiger partial charge in [-0.2, -0.15) is 9.29 Å². The molecule has 2 aromatic heterocycles. The van der Waals surface area contributed by atoms with Crippen molar-refractivity contribution in [2.75, 3.05) is 13.1 Å². The average molecular weight is 405 g/mol. The molecule has 140 valence electrons. The van der Waals surface area contributed by atoms with Gasteiger partial charge in [-0.3, -0.25) is 4.98 Å². The molecule has 3 heterocycles. The topological polar surface area (TPSA) is 89.2 Å². The SMILES string of the molecule is O=S(=O)(c1ccccc1Cl)N1CCC[C@H](c2nc(-c3cccnc3)no2)C1. The zero-order chi connectivity index (χ0) is 18.9. The van der Waals surface area contributed by atoms with E-state index in [2.05, 4.69) is 15.1 Å². The van der Waals surface area contributed by atoms with Crippen molar-refractivity contribution < 1.29 is 12.9 Å². The minimum atomic E-state index is -3.68. The highest BCUT2D eigenvalue weighted by molar-refractivity contribution is 7.89. The summed E-state index contributed by atoms with van der Waals surface area (Å²) >= 11 is 6.10. The Kier molecular flexibility index (Phi) is 4.94. The fraction of sp³-hybridized carbons (Fsp3) is 0.278. The summed E-state index contributed by atoms with van der Waals surface area (Å²) in [5.74, 6) is 0.728. The summed E-state index contributed by atoms with van der Waals surface area (Å²) in [6.45, 7) is 0.718. The summed E-state index contributed by atoms with van der Waals surface area (Å²) in [6, 6.07) is 10.1. The van der Waals surface area contributed by atoms with Gasteiger partial charge in [0.15, 0.2) is 0 Å². The largest absolute Gasteiger partial charge is 0.339 e. The lowest BCUT2D eigenvalue weighted by Gasteiger charge is -2.30. The number of aromatic nitrogens is 3. The summed E-state index contributed by atoms with van der Waals surface area (Å²) in [6.07, 6.45) is 4.81. The average Bonchev–Trinajstić information content (AvgIpc) is 3.19. The van der Waals surface area contributed by atoms with E-state index in [1.165, 1.54) is 10.4 Å². The maximum Gasteiger partial charge on any atom is 0.244 e. The lowest BCUT2D eigenvalue weighted by molar-refractivity contribution is 0.265. The minimum Gasteiger partial charge on any atom is -0.339 e. The Labute approximate surface area is 162 Å². The van der Waals surface area contributed by atoms with Gasteiger partial charge >= 0.3 is 0 Å². The third-order valence-electron chi connectivity index (χ3n) is 4.55. The molecule has 0 amide bonds. The Bertz CT molecular complexity index is 1040. The number of rotatable bonds is 4. The number of sulfonamides is 1. The van der Waals surface area contributed by atoms with E-state index in [1.807, 2.05) is 6.07 Å². The third-order valence-corrected chi connectivity index (χ3v) is 6.91. The fourth-order valence-corrected chi connectivity index (χ4v) is 5.19. The Balaban J connectivity index is 1.57. The molecule has 1 aliphatic heterocycles. The van der Waals surface area contributed by atoms with Crippen LogP contribution in [0.3, 0.4) is 0 Å². The van der Waals surface area contributed by atoms with E-state index >= 15 is 0 Å². The van der Waals surface area contributed by atoms with Gasteiger partial charge in [-0.05, 0) is 37.1 Å². The fourth-order valence-electron chi connectivity index (χ4n) is 3.17.